The Balaban J connectivity index is 2.20. The summed E-state index contributed by atoms with van der Waals surface area (Å²) in [5.74, 6) is -2.98. The lowest BCUT2D eigenvalue weighted by atomic mass is 9.73. The van der Waals surface area contributed by atoms with Gasteiger partial charge in [-0.25, -0.2) is 0 Å². The van der Waals surface area contributed by atoms with E-state index in [0.29, 0.717) is 10.5 Å². The molecule has 7 heteroatoms. The van der Waals surface area contributed by atoms with Gasteiger partial charge in [-0.15, -0.1) is 0 Å². The van der Waals surface area contributed by atoms with Gasteiger partial charge in [0.2, 0.25) is 0 Å². The Morgan fingerprint density at radius 2 is 1.62 bits per heavy atom. The molecule has 1 aliphatic heterocycles. The van der Waals surface area contributed by atoms with E-state index in [4.69, 9.17) is 0 Å². The third kappa shape index (κ3) is 2.86. The van der Waals surface area contributed by atoms with Crippen LogP contribution >= 0.6 is 0 Å². The highest BCUT2D eigenvalue weighted by molar-refractivity contribution is 5.84. The van der Waals surface area contributed by atoms with E-state index >= 15 is 0 Å². The van der Waals surface area contributed by atoms with Crippen molar-refractivity contribution in [1.82, 2.24) is 4.90 Å². The van der Waals surface area contributed by atoms with E-state index in [1.165, 1.54) is 0 Å². The molecule has 0 aliphatic carbocycles. The summed E-state index contributed by atoms with van der Waals surface area (Å²) < 4.78 is 37.2. The lowest BCUT2D eigenvalue weighted by molar-refractivity contribution is -0.187. The summed E-state index contributed by atoms with van der Waals surface area (Å²) in [5, 5.41) is 9.50. The fourth-order valence-electron chi connectivity index (χ4n) is 2.65. The quantitative estimate of drug-likeness (QED) is 0.911. The summed E-state index contributed by atoms with van der Waals surface area (Å²) in [5.41, 5.74) is -0.680. The van der Waals surface area contributed by atoms with Crippen molar-refractivity contribution in [3.05, 3.63) is 35.9 Å². The average molecular weight is 301 g/mol. The van der Waals surface area contributed by atoms with Gasteiger partial charge in [0.25, 0.3) is 0 Å². The fourth-order valence-corrected chi connectivity index (χ4v) is 2.65. The van der Waals surface area contributed by atoms with Gasteiger partial charge in [0, 0.05) is 13.1 Å². The van der Waals surface area contributed by atoms with Crippen molar-refractivity contribution in [2.24, 2.45) is 0 Å². The molecule has 1 aromatic carbocycles. The number of hydrogen-bond acceptors (Lipinski definition) is 2. The van der Waals surface area contributed by atoms with E-state index in [1.807, 2.05) is 0 Å². The largest absolute Gasteiger partial charge is 0.481 e. The van der Waals surface area contributed by atoms with Gasteiger partial charge in [-0.05, 0) is 18.4 Å². The summed E-state index contributed by atoms with van der Waals surface area (Å²) in [6.45, 7) is -0.445. The molecular formula is C14H14F3NO3. The lowest BCUT2D eigenvalue weighted by Crippen LogP contribution is -2.52. The minimum atomic E-state index is -4.92. The van der Waals surface area contributed by atoms with E-state index in [1.54, 1.807) is 30.3 Å². The second-order valence-electron chi connectivity index (χ2n) is 5.04. The van der Waals surface area contributed by atoms with E-state index in [2.05, 4.69) is 0 Å². The highest BCUT2D eigenvalue weighted by Crippen LogP contribution is 2.36. The molecule has 0 spiro atoms. The number of nitrogens with zero attached hydrogens (tertiary/aromatic N) is 1. The monoisotopic (exact) mass is 301 g/mol. The Bertz CT molecular complexity index is 534. The first-order chi connectivity index (χ1) is 9.77. The third-order valence-corrected chi connectivity index (χ3v) is 3.88. The van der Waals surface area contributed by atoms with E-state index in [-0.39, 0.29) is 25.9 Å². The van der Waals surface area contributed by atoms with Crippen molar-refractivity contribution in [3.63, 3.8) is 0 Å². The van der Waals surface area contributed by atoms with Crippen LogP contribution in [-0.2, 0) is 15.0 Å². The number of alkyl halides is 3. The molecular weight excluding hydrogens is 287 g/mol. The van der Waals surface area contributed by atoms with Crippen LogP contribution < -0.4 is 0 Å². The van der Waals surface area contributed by atoms with E-state index < -0.39 is 23.5 Å². The molecule has 0 atom stereocenters. The molecule has 0 aromatic heterocycles. The van der Waals surface area contributed by atoms with Crippen LogP contribution in [0.25, 0.3) is 0 Å². The van der Waals surface area contributed by atoms with Crippen LogP contribution in [0.5, 0.6) is 0 Å². The smallest absolute Gasteiger partial charge is 0.471 e. The summed E-state index contributed by atoms with van der Waals surface area (Å²) in [6, 6.07) is 8.41. The number of likely N-dealkylation sites (tertiary alicyclic amines) is 1. The van der Waals surface area contributed by atoms with Crippen LogP contribution in [0.2, 0.25) is 0 Å². The number of piperidine rings is 1. The number of benzene rings is 1. The molecule has 1 N–H and O–H groups in total. The summed E-state index contributed by atoms with van der Waals surface area (Å²) in [7, 11) is 0. The van der Waals surface area contributed by atoms with Crippen LogP contribution in [0.15, 0.2) is 30.3 Å². The Kier molecular flexibility index (Phi) is 3.93. The number of carbonyl (C=O) groups excluding carboxylic acids is 1. The van der Waals surface area contributed by atoms with Crippen molar-refractivity contribution in [3.8, 4) is 0 Å². The zero-order valence-electron chi connectivity index (χ0n) is 11.1. The molecule has 0 saturated carbocycles. The topological polar surface area (TPSA) is 57.6 Å². The van der Waals surface area contributed by atoms with Crippen LogP contribution in [0.4, 0.5) is 13.2 Å². The molecule has 0 bridgehead atoms. The molecule has 1 aromatic rings. The highest BCUT2D eigenvalue weighted by Gasteiger charge is 2.48. The Morgan fingerprint density at radius 1 is 1.10 bits per heavy atom. The van der Waals surface area contributed by atoms with Gasteiger partial charge in [0.1, 0.15) is 0 Å². The lowest BCUT2D eigenvalue weighted by Gasteiger charge is -2.39. The predicted octanol–water partition coefficient (Wildman–Crippen LogP) is 2.19. The molecule has 1 aliphatic rings. The second-order valence-corrected chi connectivity index (χ2v) is 5.04. The summed E-state index contributed by atoms with van der Waals surface area (Å²) in [4.78, 5) is 23.5. The standard InChI is InChI=1S/C14H14F3NO3/c15-14(16,17)11(19)18-8-6-13(7-9-18,12(20)21)10-4-2-1-3-5-10/h1-5H,6-9H2,(H,20,21). The number of hydrogen-bond donors (Lipinski definition) is 1. The Morgan fingerprint density at radius 3 is 2.05 bits per heavy atom. The van der Waals surface area contributed by atoms with Gasteiger partial charge < -0.3 is 10.0 Å². The average Bonchev–Trinajstić information content (AvgIpc) is 2.46. The number of carboxylic acid groups (broad SMARTS) is 1. The second kappa shape index (κ2) is 5.38. The van der Waals surface area contributed by atoms with Gasteiger partial charge in [-0.3, -0.25) is 9.59 Å². The Hall–Kier alpha value is -2.05. The third-order valence-electron chi connectivity index (χ3n) is 3.88. The molecule has 1 saturated heterocycles. The number of aliphatic carboxylic acids is 1. The number of halogens is 3. The molecule has 1 amide bonds. The number of carbonyl (C=O) groups is 2. The zero-order valence-corrected chi connectivity index (χ0v) is 11.1. The van der Waals surface area contributed by atoms with Gasteiger partial charge in [0.15, 0.2) is 0 Å². The van der Waals surface area contributed by atoms with Crippen LogP contribution in [0.1, 0.15) is 18.4 Å². The molecule has 1 fully saturated rings. The van der Waals surface area contributed by atoms with Gasteiger partial charge in [-0.1, -0.05) is 30.3 Å². The van der Waals surface area contributed by atoms with Gasteiger partial charge in [0.05, 0.1) is 5.41 Å². The first-order valence-corrected chi connectivity index (χ1v) is 6.42. The van der Waals surface area contributed by atoms with E-state index in [9.17, 15) is 27.9 Å². The van der Waals surface area contributed by atoms with Crippen LogP contribution in [-0.4, -0.2) is 41.1 Å². The van der Waals surface area contributed by atoms with Crippen molar-refractivity contribution in [2.45, 2.75) is 24.4 Å². The van der Waals surface area contributed by atoms with E-state index in [0.717, 1.165) is 0 Å². The van der Waals surface area contributed by atoms with Crippen molar-refractivity contribution < 1.29 is 27.9 Å². The Labute approximate surface area is 119 Å². The van der Waals surface area contributed by atoms with Crippen LogP contribution in [0.3, 0.4) is 0 Å². The first kappa shape index (κ1) is 15.3. The van der Waals surface area contributed by atoms with Crippen LogP contribution in [0, 0.1) is 0 Å². The van der Waals surface area contributed by atoms with Gasteiger partial charge >= 0.3 is 18.1 Å². The molecule has 0 unspecified atom stereocenters. The summed E-state index contributed by atoms with van der Waals surface area (Å²) >= 11 is 0. The molecule has 114 valence electrons. The highest BCUT2D eigenvalue weighted by atomic mass is 19.4. The minimum absolute atomic E-state index is 0.0336. The molecule has 21 heavy (non-hydrogen) atoms. The summed E-state index contributed by atoms with van der Waals surface area (Å²) in [6.07, 6.45) is -4.99. The number of carboxylic acids is 1. The maximum atomic E-state index is 12.4. The van der Waals surface area contributed by atoms with Gasteiger partial charge in [-0.2, -0.15) is 13.2 Å². The predicted molar refractivity (Wildman–Crippen MR) is 67.6 cm³/mol. The molecule has 0 radical (unpaired) electrons. The van der Waals surface area contributed by atoms with Crippen molar-refractivity contribution >= 4 is 11.9 Å². The normalized spacial score (nSPS) is 18.3. The minimum Gasteiger partial charge on any atom is -0.481 e. The van der Waals surface area contributed by atoms with Crippen molar-refractivity contribution in [1.29, 1.82) is 0 Å². The number of amides is 1. The maximum Gasteiger partial charge on any atom is 0.471 e. The molecule has 1 heterocycles. The maximum absolute atomic E-state index is 12.4. The molecule has 2 rings (SSSR count). The SMILES string of the molecule is O=C(N1CCC(C(=O)O)(c2ccccc2)CC1)C(F)(F)F. The first-order valence-electron chi connectivity index (χ1n) is 6.42. The fraction of sp³-hybridized carbons (Fsp3) is 0.429. The zero-order chi connectivity index (χ0) is 15.7. The van der Waals surface area contributed by atoms with Crippen molar-refractivity contribution in [2.75, 3.05) is 13.1 Å². The molecule has 4 nitrogen and oxygen atoms in total. The number of rotatable bonds is 2.